The molecular weight excluding hydrogens is 319 g/mol. The van der Waals surface area contributed by atoms with Gasteiger partial charge in [-0.25, -0.2) is 0 Å². The minimum atomic E-state index is -0.397. The second kappa shape index (κ2) is 9.58. The van der Waals surface area contributed by atoms with Crippen LogP contribution in [0, 0.1) is 0 Å². The molecule has 0 fully saturated rings. The molecule has 4 N–H and O–H groups in total. The van der Waals surface area contributed by atoms with Gasteiger partial charge in [0.2, 0.25) is 0 Å². The lowest BCUT2D eigenvalue weighted by molar-refractivity contribution is 0.139. The molecule has 4 nitrogen and oxygen atoms in total. The van der Waals surface area contributed by atoms with Crippen LogP contribution in [0.1, 0.15) is 27.2 Å². The lowest BCUT2D eigenvalue weighted by atomic mass is 10.2. The summed E-state index contributed by atoms with van der Waals surface area (Å²) in [5.41, 5.74) is 0. The van der Waals surface area contributed by atoms with Crippen LogP contribution in [0.2, 0.25) is 0 Å². The molecule has 0 aliphatic rings. The van der Waals surface area contributed by atoms with Crippen LogP contribution in [0.3, 0.4) is 0 Å². The maximum atomic E-state index is 9.59. The van der Waals surface area contributed by atoms with E-state index in [-0.39, 0.29) is 6.10 Å². The number of aliphatic hydroxyl groups is 2. The molecule has 0 radical (unpaired) electrons. The average Bonchev–Trinajstić information content (AvgIpc) is 2.13. The van der Waals surface area contributed by atoms with Crippen LogP contribution in [0.5, 0.6) is 0 Å². The smallest absolute Gasteiger partial charge is 0.0788 e. The first-order chi connectivity index (χ1) is 7.41. The highest BCUT2D eigenvalue weighted by atomic mass is 127. The fourth-order valence-corrected chi connectivity index (χ4v) is 1.91. The van der Waals surface area contributed by atoms with E-state index >= 15 is 0 Å². The van der Waals surface area contributed by atoms with E-state index in [1.54, 1.807) is 0 Å². The Labute approximate surface area is 112 Å². The standard InChI is InChI=1S/C11H25IN2O2/c1-8(2)14-7-11(16)6-13-5-10(15)4-9(3)12/h8-11,13-16H,4-7H2,1-3H3. The Kier molecular flexibility index (Phi) is 9.93. The van der Waals surface area contributed by atoms with Crippen molar-refractivity contribution in [1.82, 2.24) is 10.6 Å². The third-order valence-electron chi connectivity index (χ3n) is 2.12. The normalized spacial score (nSPS) is 17.4. The lowest BCUT2D eigenvalue weighted by Gasteiger charge is -2.17. The highest BCUT2D eigenvalue weighted by Gasteiger charge is 2.09. The molecule has 0 saturated carbocycles. The maximum Gasteiger partial charge on any atom is 0.0788 e. The summed E-state index contributed by atoms with van der Waals surface area (Å²) in [4.78, 5) is 0. The highest BCUT2D eigenvalue weighted by Crippen LogP contribution is 2.06. The minimum absolute atomic E-state index is 0.322. The second-order valence-electron chi connectivity index (χ2n) is 4.55. The van der Waals surface area contributed by atoms with E-state index in [0.29, 0.717) is 29.6 Å². The van der Waals surface area contributed by atoms with Crippen molar-refractivity contribution in [2.75, 3.05) is 19.6 Å². The second-order valence-corrected chi connectivity index (χ2v) is 6.67. The van der Waals surface area contributed by atoms with Crippen LogP contribution in [0.15, 0.2) is 0 Å². The summed E-state index contributed by atoms with van der Waals surface area (Å²) >= 11 is 2.30. The summed E-state index contributed by atoms with van der Waals surface area (Å²) < 4.78 is 0.474. The number of hydrogen-bond acceptors (Lipinski definition) is 4. The van der Waals surface area contributed by atoms with Gasteiger partial charge in [-0.15, -0.1) is 0 Å². The van der Waals surface area contributed by atoms with Gasteiger partial charge in [0.05, 0.1) is 12.2 Å². The summed E-state index contributed by atoms with van der Waals surface area (Å²) in [5, 5.41) is 25.4. The van der Waals surface area contributed by atoms with Crippen molar-refractivity contribution < 1.29 is 10.2 Å². The van der Waals surface area contributed by atoms with E-state index in [2.05, 4.69) is 40.1 Å². The fraction of sp³-hybridized carbons (Fsp3) is 1.00. The quantitative estimate of drug-likeness (QED) is 0.364. The minimum Gasteiger partial charge on any atom is -0.392 e. The predicted octanol–water partition coefficient (Wildman–Crippen LogP) is 0.509. The van der Waals surface area contributed by atoms with E-state index in [1.807, 2.05) is 13.8 Å². The van der Waals surface area contributed by atoms with Crippen LogP contribution in [-0.4, -0.2) is 52.0 Å². The Balaban J connectivity index is 3.42. The van der Waals surface area contributed by atoms with Crippen molar-refractivity contribution in [1.29, 1.82) is 0 Å². The Morgan fingerprint density at radius 1 is 1.00 bits per heavy atom. The van der Waals surface area contributed by atoms with Crippen LogP contribution in [0.4, 0.5) is 0 Å². The predicted molar refractivity (Wildman–Crippen MR) is 76.1 cm³/mol. The molecule has 0 bridgehead atoms. The molecule has 3 atom stereocenters. The molecule has 0 saturated heterocycles. The van der Waals surface area contributed by atoms with Crippen molar-refractivity contribution >= 4 is 22.6 Å². The number of nitrogens with one attached hydrogen (secondary N) is 2. The van der Waals surface area contributed by atoms with Gasteiger partial charge < -0.3 is 20.8 Å². The first-order valence-corrected chi connectivity index (χ1v) is 7.10. The highest BCUT2D eigenvalue weighted by molar-refractivity contribution is 14.1. The van der Waals surface area contributed by atoms with Gasteiger partial charge in [0.25, 0.3) is 0 Å². The Bertz CT molecular complexity index is 168. The van der Waals surface area contributed by atoms with E-state index in [4.69, 9.17) is 0 Å². The molecule has 3 unspecified atom stereocenters. The van der Waals surface area contributed by atoms with E-state index in [1.165, 1.54) is 0 Å². The molecule has 16 heavy (non-hydrogen) atoms. The van der Waals surface area contributed by atoms with Crippen LogP contribution in [0.25, 0.3) is 0 Å². The molecule has 0 heterocycles. The molecule has 0 aromatic heterocycles. The lowest BCUT2D eigenvalue weighted by Crippen LogP contribution is -2.40. The van der Waals surface area contributed by atoms with Gasteiger partial charge in [0.1, 0.15) is 0 Å². The zero-order valence-electron chi connectivity index (χ0n) is 10.4. The molecule has 0 aliphatic heterocycles. The summed E-state index contributed by atoms with van der Waals surface area (Å²) in [6.45, 7) is 7.82. The number of halogens is 1. The van der Waals surface area contributed by atoms with Crippen molar-refractivity contribution in [3.8, 4) is 0 Å². The first kappa shape index (κ1) is 16.6. The van der Waals surface area contributed by atoms with Crippen LogP contribution in [-0.2, 0) is 0 Å². The summed E-state index contributed by atoms with van der Waals surface area (Å²) in [6.07, 6.45) is 0.0669. The molecule has 0 rings (SSSR count). The topological polar surface area (TPSA) is 64.5 Å². The molecule has 0 aromatic rings. The zero-order chi connectivity index (χ0) is 12.6. The molecule has 5 heteroatoms. The van der Waals surface area contributed by atoms with Gasteiger partial charge in [0.15, 0.2) is 0 Å². The third-order valence-corrected chi connectivity index (χ3v) is 2.63. The number of hydrogen-bond donors (Lipinski definition) is 4. The van der Waals surface area contributed by atoms with Gasteiger partial charge in [0, 0.05) is 29.6 Å². The monoisotopic (exact) mass is 344 g/mol. The van der Waals surface area contributed by atoms with E-state index in [9.17, 15) is 10.2 Å². The Morgan fingerprint density at radius 2 is 1.56 bits per heavy atom. The van der Waals surface area contributed by atoms with Crippen molar-refractivity contribution in [2.45, 2.75) is 49.4 Å². The fourth-order valence-electron chi connectivity index (χ4n) is 1.32. The van der Waals surface area contributed by atoms with E-state index in [0.717, 1.165) is 6.42 Å². The van der Waals surface area contributed by atoms with Gasteiger partial charge in [-0.05, 0) is 6.42 Å². The summed E-state index contributed by atoms with van der Waals surface area (Å²) in [7, 11) is 0. The average molecular weight is 344 g/mol. The Hall–Kier alpha value is 0.570. The summed E-state index contributed by atoms with van der Waals surface area (Å²) in [5.74, 6) is 0. The van der Waals surface area contributed by atoms with Gasteiger partial charge >= 0.3 is 0 Å². The molecular formula is C11H25IN2O2. The SMILES string of the molecule is CC(I)CC(O)CNCC(O)CNC(C)C. The van der Waals surface area contributed by atoms with Gasteiger partial charge in [-0.3, -0.25) is 0 Å². The van der Waals surface area contributed by atoms with Gasteiger partial charge in [-0.1, -0.05) is 43.4 Å². The Morgan fingerprint density at radius 3 is 2.06 bits per heavy atom. The largest absolute Gasteiger partial charge is 0.392 e. The number of rotatable bonds is 9. The molecule has 0 spiro atoms. The van der Waals surface area contributed by atoms with Crippen molar-refractivity contribution in [3.63, 3.8) is 0 Å². The number of aliphatic hydroxyl groups excluding tert-OH is 2. The maximum absolute atomic E-state index is 9.59. The van der Waals surface area contributed by atoms with Crippen molar-refractivity contribution in [3.05, 3.63) is 0 Å². The summed E-state index contributed by atoms with van der Waals surface area (Å²) in [6, 6.07) is 0.389. The zero-order valence-corrected chi connectivity index (χ0v) is 12.6. The van der Waals surface area contributed by atoms with Crippen LogP contribution >= 0.6 is 22.6 Å². The first-order valence-electron chi connectivity index (χ1n) is 5.86. The molecule has 0 amide bonds. The number of alkyl halides is 1. The molecule has 0 aromatic carbocycles. The third kappa shape index (κ3) is 11.1. The van der Waals surface area contributed by atoms with E-state index < -0.39 is 6.10 Å². The molecule has 98 valence electrons. The van der Waals surface area contributed by atoms with Crippen molar-refractivity contribution in [2.24, 2.45) is 0 Å². The van der Waals surface area contributed by atoms with Crippen LogP contribution < -0.4 is 10.6 Å². The van der Waals surface area contributed by atoms with Gasteiger partial charge in [-0.2, -0.15) is 0 Å². The molecule has 0 aliphatic carbocycles.